The second kappa shape index (κ2) is 10.3. The van der Waals surface area contributed by atoms with E-state index in [0.717, 1.165) is 32.1 Å². The first-order valence-corrected chi connectivity index (χ1v) is 14.3. The van der Waals surface area contributed by atoms with Crippen molar-refractivity contribution in [1.29, 1.82) is 0 Å². The van der Waals surface area contributed by atoms with Crippen molar-refractivity contribution in [2.24, 2.45) is 46.3 Å². The molecule has 0 aromatic heterocycles. The van der Waals surface area contributed by atoms with Gasteiger partial charge in [0.25, 0.3) is 0 Å². The average Bonchev–Trinajstić information content (AvgIpc) is 3.18. The Balaban J connectivity index is 1.40. The summed E-state index contributed by atoms with van der Waals surface area (Å²) in [5.74, 6) is 2.46. The minimum absolute atomic E-state index is 0.0707. The van der Waals surface area contributed by atoms with Gasteiger partial charge in [-0.05, 0) is 111 Å². The van der Waals surface area contributed by atoms with Gasteiger partial charge >= 0.3 is 5.97 Å². The van der Waals surface area contributed by atoms with Crippen LogP contribution in [0.1, 0.15) is 98.3 Å². The minimum atomic E-state index is -0.564. The third-order valence-electron chi connectivity index (χ3n) is 11.5. The summed E-state index contributed by atoms with van der Waals surface area (Å²) in [5, 5.41) is 24.5. The predicted molar refractivity (Wildman–Crippen MR) is 135 cm³/mol. The normalized spacial score (nSPS) is 44.4. The van der Waals surface area contributed by atoms with Crippen molar-refractivity contribution in [2.45, 2.75) is 117 Å². The maximum atomic E-state index is 12.6. The highest BCUT2D eigenvalue weighted by molar-refractivity contribution is 5.84. The number of fused-ring (bicyclic) bond motifs is 5. The third-order valence-corrected chi connectivity index (χ3v) is 11.5. The maximum absolute atomic E-state index is 12.6. The standard InChI is InChI=1S/C29H49NO5/c1-6-23(27(34)35-5)30-25(33)10-7-17(2)20-8-9-21-26-22(12-14-29(20,21)4)28(3)13-11-19(31)15-18(28)16-24(26)32/h17-24,26,31-32H,6-16H2,1-5H3,(H,30,33)/t17-,18+,19-,20-,21+,22+,23?,24+,26+,28+,29-/m1/s1. The zero-order valence-electron chi connectivity index (χ0n) is 22.6. The van der Waals surface area contributed by atoms with Crippen molar-refractivity contribution >= 4 is 11.9 Å². The van der Waals surface area contributed by atoms with Crippen molar-refractivity contribution in [3.8, 4) is 0 Å². The van der Waals surface area contributed by atoms with E-state index in [9.17, 15) is 19.8 Å². The highest BCUT2D eigenvalue weighted by atomic mass is 16.5. The van der Waals surface area contributed by atoms with Crippen LogP contribution in [0.3, 0.4) is 0 Å². The van der Waals surface area contributed by atoms with Gasteiger partial charge in [-0.1, -0.05) is 27.7 Å². The number of ether oxygens (including phenoxy) is 1. The summed E-state index contributed by atoms with van der Waals surface area (Å²) >= 11 is 0. The molecule has 4 saturated carbocycles. The molecule has 1 amide bonds. The molecule has 0 spiro atoms. The van der Waals surface area contributed by atoms with Gasteiger partial charge in [-0.25, -0.2) is 4.79 Å². The van der Waals surface area contributed by atoms with Crippen molar-refractivity contribution in [3.63, 3.8) is 0 Å². The zero-order chi connectivity index (χ0) is 25.5. The lowest BCUT2D eigenvalue weighted by Gasteiger charge is -2.62. The number of aliphatic hydroxyl groups excluding tert-OH is 2. The van der Waals surface area contributed by atoms with Gasteiger partial charge in [0.05, 0.1) is 19.3 Å². The molecule has 11 atom stereocenters. The summed E-state index contributed by atoms with van der Waals surface area (Å²) < 4.78 is 4.79. The maximum Gasteiger partial charge on any atom is 0.328 e. The quantitative estimate of drug-likeness (QED) is 0.457. The van der Waals surface area contributed by atoms with Crippen LogP contribution < -0.4 is 5.32 Å². The molecular formula is C29H49NO5. The summed E-state index contributed by atoms with van der Waals surface area (Å²) in [5.41, 5.74) is 0.467. The van der Waals surface area contributed by atoms with E-state index in [0.29, 0.717) is 48.3 Å². The Bertz CT molecular complexity index is 787. The summed E-state index contributed by atoms with van der Waals surface area (Å²) in [6.45, 7) is 9.10. The van der Waals surface area contributed by atoms with E-state index in [-0.39, 0.29) is 34.9 Å². The number of carbonyl (C=O) groups is 2. The van der Waals surface area contributed by atoms with Crippen LogP contribution in [-0.2, 0) is 14.3 Å². The molecular weight excluding hydrogens is 442 g/mol. The predicted octanol–water partition coefficient (Wildman–Crippen LogP) is 4.46. The smallest absolute Gasteiger partial charge is 0.328 e. The number of carbonyl (C=O) groups excluding carboxylic acids is 2. The van der Waals surface area contributed by atoms with E-state index in [1.807, 2.05) is 6.92 Å². The zero-order valence-corrected chi connectivity index (χ0v) is 22.6. The lowest BCUT2D eigenvalue weighted by Crippen LogP contribution is -2.58. The van der Waals surface area contributed by atoms with Gasteiger partial charge in [-0.15, -0.1) is 0 Å². The van der Waals surface area contributed by atoms with Crippen LogP contribution in [0.5, 0.6) is 0 Å². The number of amides is 1. The van der Waals surface area contributed by atoms with Gasteiger partial charge in [0.2, 0.25) is 5.91 Å². The Kier molecular flexibility index (Phi) is 7.93. The van der Waals surface area contributed by atoms with Crippen molar-refractivity contribution < 1.29 is 24.5 Å². The van der Waals surface area contributed by atoms with E-state index >= 15 is 0 Å². The van der Waals surface area contributed by atoms with Crippen LogP contribution in [0.2, 0.25) is 0 Å². The minimum Gasteiger partial charge on any atom is -0.467 e. The lowest BCUT2D eigenvalue weighted by atomic mass is 9.43. The van der Waals surface area contributed by atoms with E-state index in [2.05, 4.69) is 26.1 Å². The molecule has 0 aromatic carbocycles. The fourth-order valence-corrected chi connectivity index (χ4v) is 9.47. The topological polar surface area (TPSA) is 95.9 Å². The molecule has 6 heteroatoms. The fourth-order valence-electron chi connectivity index (χ4n) is 9.47. The molecule has 4 fully saturated rings. The molecule has 0 heterocycles. The number of rotatable bonds is 7. The second-order valence-electron chi connectivity index (χ2n) is 13.0. The SMILES string of the molecule is CCC(NC(=O)CC[C@@H](C)[C@H]1CC[C@H]2[C@@H]3[C@@H](O)C[C@@H]4C[C@H](O)CC[C@]4(C)[C@H]3CC[C@]12C)C(=O)OC. The average molecular weight is 492 g/mol. The first-order valence-electron chi connectivity index (χ1n) is 14.3. The second-order valence-corrected chi connectivity index (χ2v) is 13.0. The van der Waals surface area contributed by atoms with Crippen LogP contribution in [0.4, 0.5) is 0 Å². The number of aliphatic hydroxyl groups is 2. The molecule has 35 heavy (non-hydrogen) atoms. The molecule has 0 aliphatic heterocycles. The summed E-state index contributed by atoms with van der Waals surface area (Å²) in [6, 6.07) is -0.564. The summed E-state index contributed by atoms with van der Waals surface area (Å²) in [7, 11) is 1.35. The highest BCUT2D eigenvalue weighted by Crippen LogP contribution is 2.68. The largest absolute Gasteiger partial charge is 0.467 e. The Hall–Kier alpha value is -1.14. The van der Waals surface area contributed by atoms with E-state index < -0.39 is 6.04 Å². The van der Waals surface area contributed by atoms with Crippen LogP contribution >= 0.6 is 0 Å². The van der Waals surface area contributed by atoms with Crippen molar-refractivity contribution in [1.82, 2.24) is 5.32 Å². The van der Waals surface area contributed by atoms with Gasteiger partial charge in [-0.3, -0.25) is 4.79 Å². The van der Waals surface area contributed by atoms with Gasteiger partial charge in [0, 0.05) is 6.42 Å². The van der Waals surface area contributed by atoms with Crippen LogP contribution in [0, 0.1) is 46.3 Å². The number of hydrogen-bond donors (Lipinski definition) is 3. The first-order chi connectivity index (χ1) is 16.5. The number of esters is 1. The molecule has 6 nitrogen and oxygen atoms in total. The number of hydrogen-bond acceptors (Lipinski definition) is 5. The van der Waals surface area contributed by atoms with Crippen molar-refractivity contribution in [2.75, 3.05) is 7.11 Å². The Morgan fingerprint density at radius 3 is 2.40 bits per heavy atom. The van der Waals surface area contributed by atoms with Gasteiger partial charge in [0.1, 0.15) is 6.04 Å². The van der Waals surface area contributed by atoms with Crippen molar-refractivity contribution in [3.05, 3.63) is 0 Å². The molecule has 0 radical (unpaired) electrons. The van der Waals surface area contributed by atoms with E-state index in [1.165, 1.54) is 32.8 Å². The Morgan fingerprint density at radius 2 is 1.71 bits per heavy atom. The Morgan fingerprint density at radius 1 is 1.03 bits per heavy atom. The molecule has 0 aromatic rings. The van der Waals surface area contributed by atoms with Crippen LogP contribution in [0.15, 0.2) is 0 Å². The van der Waals surface area contributed by atoms with Crippen LogP contribution in [0.25, 0.3) is 0 Å². The highest BCUT2D eigenvalue weighted by Gasteiger charge is 2.62. The summed E-state index contributed by atoms with van der Waals surface area (Å²) in [4.78, 5) is 24.4. The monoisotopic (exact) mass is 491 g/mol. The number of nitrogens with one attached hydrogen (secondary N) is 1. The molecule has 4 aliphatic rings. The molecule has 0 bridgehead atoms. The van der Waals surface area contributed by atoms with Crippen LogP contribution in [-0.4, -0.2) is 47.4 Å². The molecule has 4 aliphatic carbocycles. The molecule has 4 rings (SSSR count). The third kappa shape index (κ3) is 4.79. The Labute approximate surface area is 212 Å². The molecule has 1 unspecified atom stereocenters. The van der Waals surface area contributed by atoms with E-state index in [1.54, 1.807) is 0 Å². The van der Waals surface area contributed by atoms with Gasteiger partial charge < -0.3 is 20.3 Å². The molecule has 3 N–H and O–H groups in total. The van der Waals surface area contributed by atoms with Gasteiger partial charge in [0.15, 0.2) is 0 Å². The first kappa shape index (κ1) is 26.9. The summed E-state index contributed by atoms with van der Waals surface area (Å²) in [6.07, 6.45) is 9.79. The van der Waals surface area contributed by atoms with E-state index in [4.69, 9.17) is 4.74 Å². The lowest BCUT2D eigenvalue weighted by molar-refractivity contribution is -0.174. The molecule has 0 saturated heterocycles. The fraction of sp³-hybridized carbons (Fsp3) is 0.931. The molecule has 200 valence electrons. The van der Waals surface area contributed by atoms with Gasteiger partial charge in [-0.2, -0.15) is 0 Å². The number of methoxy groups -OCH3 is 1.